The van der Waals surface area contributed by atoms with Gasteiger partial charge in [-0.25, -0.2) is 13.1 Å². The smallest absolute Gasteiger partial charge is 0.231 e. The number of hydrogen-bond donors (Lipinski definition) is 1. The minimum absolute atomic E-state index is 0.00882. The maximum absolute atomic E-state index is 11.9. The first-order chi connectivity index (χ1) is 9.46. The molecule has 1 aromatic carbocycles. The lowest BCUT2D eigenvalue weighted by Gasteiger charge is -2.04. The van der Waals surface area contributed by atoms with E-state index < -0.39 is 10.0 Å². The molecule has 6 nitrogen and oxygen atoms in total. The van der Waals surface area contributed by atoms with Crippen LogP contribution >= 0.6 is 0 Å². The Kier molecular flexibility index (Phi) is 4.51. The third-order valence-corrected chi connectivity index (χ3v) is 3.92. The molecule has 1 heterocycles. The van der Waals surface area contributed by atoms with Gasteiger partial charge in [0.1, 0.15) is 0 Å². The molecule has 0 radical (unpaired) electrons. The largest absolute Gasteiger partial charge is 0.424 e. The van der Waals surface area contributed by atoms with Gasteiger partial charge in [0.25, 0.3) is 0 Å². The number of nitrogens with zero attached hydrogens (tertiary/aromatic N) is 2. The molecule has 1 aromatic heterocycles. The summed E-state index contributed by atoms with van der Waals surface area (Å²) in [5.74, 6) is 0.823. The average molecular weight is 295 g/mol. The van der Waals surface area contributed by atoms with Gasteiger partial charge in [-0.05, 0) is 5.56 Å². The van der Waals surface area contributed by atoms with Crippen molar-refractivity contribution in [1.29, 1.82) is 0 Å². The highest BCUT2D eigenvalue weighted by Crippen LogP contribution is 2.12. The summed E-state index contributed by atoms with van der Waals surface area (Å²) in [6, 6.07) is 8.98. The van der Waals surface area contributed by atoms with Gasteiger partial charge < -0.3 is 4.42 Å². The third-order valence-electron chi connectivity index (χ3n) is 2.62. The molecule has 0 aliphatic carbocycles. The maximum Gasteiger partial charge on any atom is 0.231 e. The van der Waals surface area contributed by atoms with Crippen LogP contribution in [0.4, 0.5) is 0 Å². The van der Waals surface area contributed by atoms with Gasteiger partial charge in [0.2, 0.25) is 21.8 Å². The van der Waals surface area contributed by atoms with Gasteiger partial charge in [-0.3, -0.25) is 0 Å². The summed E-state index contributed by atoms with van der Waals surface area (Å²) in [6.45, 7) is 3.86. The van der Waals surface area contributed by atoms with Crippen molar-refractivity contribution in [3.05, 3.63) is 47.7 Å². The molecule has 1 N–H and O–H groups in total. The molecule has 2 aromatic rings. The predicted molar refractivity (Wildman–Crippen MR) is 74.3 cm³/mol. The zero-order chi connectivity index (χ0) is 14.6. The molecule has 0 saturated heterocycles. The molecule has 0 fully saturated rings. The fraction of sp³-hybridized carbons (Fsp3) is 0.385. The molecular formula is C13H17N3O3S. The fourth-order valence-electron chi connectivity index (χ4n) is 1.59. The van der Waals surface area contributed by atoms with Crippen LogP contribution in [0, 0.1) is 0 Å². The minimum atomic E-state index is -3.42. The van der Waals surface area contributed by atoms with Gasteiger partial charge in [-0.2, -0.15) is 0 Å². The quantitative estimate of drug-likeness (QED) is 0.878. The van der Waals surface area contributed by atoms with Crippen LogP contribution in [-0.4, -0.2) is 18.6 Å². The van der Waals surface area contributed by atoms with Crippen LogP contribution in [0.25, 0.3) is 0 Å². The maximum atomic E-state index is 11.9. The molecule has 0 aliphatic rings. The second kappa shape index (κ2) is 6.15. The minimum Gasteiger partial charge on any atom is -0.424 e. The van der Waals surface area contributed by atoms with Gasteiger partial charge >= 0.3 is 0 Å². The van der Waals surface area contributed by atoms with E-state index in [1.807, 2.05) is 19.9 Å². The van der Waals surface area contributed by atoms with Crippen LogP contribution in [0.15, 0.2) is 34.7 Å². The molecule has 0 unspecified atom stereocenters. The zero-order valence-electron chi connectivity index (χ0n) is 11.4. The molecular weight excluding hydrogens is 278 g/mol. The summed E-state index contributed by atoms with van der Waals surface area (Å²) < 4.78 is 31.6. The number of benzene rings is 1. The Morgan fingerprint density at radius 2 is 1.90 bits per heavy atom. The summed E-state index contributed by atoms with van der Waals surface area (Å²) in [4.78, 5) is 0. The summed E-state index contributed by atoms with van der Waals surface area (Å²) in [7, 11) is -3.42. The highest BCUT2D eigenvalue weighted by Gasteiger charge is 2.14. The molecule has 2 rings (SSSR count). The molecule has 0 amide bonds. The second-order valence-corrected chi connectivity index (χ2v) is 6.56. The van der Waals surface area contributed by atoms with Crippen molar-refractivity contribution >= 4 is 10.0 Å². The monoisotopic (exact) mass is 295 g/mol. The summed E-state index contributed by atoms with van der Waals surface area (Å²) in [5, 5.41) is 7.65. The van der Waals surface area contributed by atoms with Crippen molar-refractivity contribution in [2.24, 2.45) is 0 Å². The Morgan fingerprint density at radius 1 is 1.20 bits per heavy atom. The lowest BCUT2D eigenvalue weighted by molar-refractivity contribution is 0.427. The van der Waals surface area contributed by atoms with E-state index in [0.29, 0.717) is 5.89 Å². The van der Waals surface area contributed by atoms with Crippen LogP contribution in [-0.2, 0) is 22.3 Å². The molecule has 20 heavy (non-hydrogen) atoms. The van der Waals surface area contributed by atoms with Crippen molar-refractivity contribution in [2.75, 3.05) is 0 Å². The van der Waals surface area contributed by atoms with E-state index in [0.717, 1.165) is 5.56 Å². The number of hydrogen-bond acceptors (Lipinski definition) is 5. The van der Waals surface area contributed by atoms with Crippen LogP contribution in [0.1, 0.15) is 37.1 Å². The van der Waals surface area contributed by atoms with E-state index in [-0.39, 0.29) is 24.1 Å². The van der Waals surface area contributed by atoms with Crippen molar-refractivity contribution < 1.29 is 12.8 Å². The molecule has 0 saturated carbocycles. The fourth-order valence-corrected chi connectivity index (χ4v) is 2.66. The molecule has 0 spiro atoms. The number of nitrogens with one attached hydrogen (secondary N) is 1. The van der Waals surface area contributed by atoms with Crippen LogP contribution in [0.5, 0.6) is 0 Å². The summed E-state index contributed by atoms with van der Waals surface area (Å²) in [6.07, 6.45) is 0. The second-order valence-electron chi connectivity index (χ2n) is 4.75. The Labute approximate surface area is 118 Å². The predicted octanol–water partition coefficient (Wildman–Crippen LogP) is 1.81. The molecule has 108 valence electrons. The van der Waals surface area contributed by atoms with E-state index in [9.17, 15) is 8.42 Å². The third kappa shape index (κ3) is 4.14. The Bertz CT molecular complexity index is 651. The normalized spacial score (nSPS) is 11.9. The average Bonchev–Trinajstić information content (AvgIpc) is 2.86. The Morgan fingerprint density at radius 3 is 2.50 bits per heavy atom. The first kappa shape index (κ1) is 14.7. The highest BCUT2D eigenvalue weighted by molar-refractivity contribution is 7.88. The van der Waals surface area contributed by atoms with Crippen LogP contribution < -0.4 is 4.72 Å². The first-order valence-corrected chi connectivity index (χ1v) is 7.95. The van der Waals surface area contributed by atoms with Crippen molar-refractivity contribution in [1.82, 2.24) is 14.9 Å². The van der Waals surface area contributed by atoms with E-state index >= 15 is 0 Å². The summed E-state index contributed by atoms with van der Waals surface area (Å²) in [5.41, 5.74) is 0.730. The first-order valence-electron chi connectivity index (χ1n) is 6.30. The Hall–Kier alpha value is -1.73. The lowest BCUT2D eigenvalue weighted by Crippen LogP contribution is -2.24. The van der Waals surface area contributed by atoms with Crippen molar-refractivity contribution in [3.8, 4) is 0 Å². The van der Waals surface area contributed by atoms with Gasteiger partial charge in [0.15, 0.2) is 0 Å². The number of rotatable bonds is 6. The van der Waals surface area contributed by atoms with Crippen molar-refractivity contribution in [2.45, 2.75) is 32.1 Å². The van der Waals surface area contributed by atoms with Gasteiger partial charge in [-0.1, -0.05) is 44.2 Å². The number of sulfonamides is 1. The van der Waals surface area contributed by atoms with Gasteiger partial charge in [0, 0.05) is 5.92 Å². The molecule has 0 aliphatic heterocycles. The number of aromatic nitrogens is 2. The van der Waals surface area contributed by atoms with Crippen LogP contribution in [0.2, 0.25) is 0 Å². The standard InChI is InChI=1S/C13H17N3O3S/c1-10(2)13-16-15-12(19-13)8-14-20(17,18)9-11-6-4-3-5-7-11/h3-7,10,14H,8-9H2,1-2H3. The topological polar surface area (TPSA) is 85.1 Å². The van der Waals surface area contributed by atoms with Crippen LogP contribution in [0.3, 0.4) is 0 Å². The zero-order valence-corrected chi connectivity index (χ0v) is 12.2. The van der Waals surface area contributed by atoms with Gasteiger partial charge in [-0.15, -0.1) is 10.2 Å². The Balaban J connectivity index is 1.95. The van der Waals surface area contributed by atoms with E-state index in [1.54, 1.807) is 24.3 Å². The van der Waals surface area contributed by atoms with E-state index in [4.69, 9.17) is 4.42 Å². The van der Waals surface area contributed by atoms with Gasteiger partial charge in [0.05, 0.1) is 12.3 Å². The van der Waals surface area contributed by atoms with E-state index in [1.165, 1.54) is 0 Å². The highest BCUT2D eigenvalue weighted by atomic mass is 32.2. The molecule has 7 heteroatoms. The molecule has 0 atom stereocenters. The summed E-state index contributed by atoms with van der Waals surface area (Å²) >= 11 is 0. The van der Waals surface area contributed by atoms with E-state index in [2.05, 4.69) is 14.9 Å². The lowest BCUT2D eigenvalue weighted by atomic mass is 10.2. The SMILES string of the molecule is CC(C)c1nnc(CNS(=O)(=O)Cc2ccccc2)o1. The molecule has 0 bridgehead atoms. The van der Waals surface area contributed by atoms with Crippen molar-refractivity contribution in [3.63, 3.8) is 0 Å².